The zero-order valence-corrected chi connectivity index (χ0v) is 26.6. The maximum atomic E-state index is 12.9. The first-order valence-corrected chi connectivity index (χ1v) is 15.3. The molecule has 5 aromatic rings. The zero-order valence-electron chi connectivity index (χ0n) is 25.8. The van der Waals surface area contributed by atoms with Crippen molar-refractivity contribution >= 4 is 17.4 Å². The molecule has 0 spiro atoms. The van der Waals surface area contributed by atoms with E-state index >= 15 is 0 Å². The number of carbonyl (C=O) groups excluding carboxylic acids is 1. The number of alkyl halides is 3. The van der Waals surface area contributed by atoms with E-state index < -0.39 is 18.3 Å². The van der Waals surface area contributed by atoms with Crippen LogP contribution in [0.5, 0.6) is 11.5 Å². The Morgan fingerprint density at radius 1 is 1.09 bits per heavy atom. The lowest BCUT2D eigenvalue weighted by atomic mass is 9.99. The number of methoxy groups -OCH3 is 1. The molecule has 3 aromatic carbocycles. The van der Waals surface area contributed by atoms with E-state index in [9.17, 15) is 23.2 Å². The summed E-state index contributed by atoms with van der Waals surface area (Å²) >= 11 is 1.35. The van der Waals surface area contributed by atoms with Crippen LogP contribution in [0.15, 0.2) is 83.4 Å². The summed E-state index contributed by atoms with van der Waals surface area (Å²) in [7, 11) is 1.62. The van der Waals surface area contributed by atoms with E-state index in [0.717, 1.165) is 22.7 Å². The first-order chi connectivity index (χ1) is 22.5. The van der Waals surface area contributed by atoms with Crippen molar-refractivity contribution in [3.63, 3.8) is 0 Å². The zero-order chi connectivity index (χ0) is 33.7. The minimum absolute atomic E-state index is 0.0449. The third-order valence-corrected chi connectivity index (χ3v) is 8.13. The van der Waals surface area contributed by atoms with Crippen LogP contribution >= 0.6 is 11.3 Å². The Bertz CT molecular complexity index is 1970. The SMILES string of the molecule is COc1ccc(-n2c(C)cs/c2=N\C(=O)NCC(C#N)c2ccc(-c3ncn(-c4ccc(OC(F)(F)F)cc4)n3)cc2)c(C(C)C)c1. The van der Waals surface area contributed by atoms with Crippen LogP contribution in [0.2, 0.25) is 0 Å². The van der Waals surface area contributed by atoms with Gasteiger partial charge in [-0.3, -0.25) is 4.57 Å². The number of carbonyl (C=O) groups is 1. The fourth-order valence-corrected chi connectivity index (χ4v) is 5.69. The van der Waals surface area contributed by atoms with Crippen LogP contribution in [0.25, 0.3) is 22.8 Å². The Hall–Kier alpha value is -5.42. The summed E-state index contributed by atoms with van der Waals surface area (Å²) < 4.78 is 50.0. The summed E-state index contributed by atoms with van der Waals surface area (Å²) in [5.41, 5.74) is 4.73. The van der Waals surface area contributed by atoms with Gasteiger partial charge in [0.05, 0.1) is 30.5 Å². The highest BCUT2D eigenvalue weighted by Crippen LogP contribution is 2.28. The third kappa shape index (κ3) is 7.87. The Labute approximate surface area is 272 Å². The van der Waals surface area contributed by atoms with E-state index in [1.165, 1.54) is 46.6 Å². The fourth-order valence-electron chi connectivity index (χ4n) is 4.83. The molecule has 2 amide bonds. The number of rotatable bonds is 9. The number of aromatic nitrogens is 4. The molecule has 1 atom stereocenters. The van der Waals surface area contributed by atoms with Gasteiger partial charge in [0.25, 0.3) is 0 Å². The van der Waals surface area contributed by atoms with Crippen molar-refractivity contribution in [1.82, 2.24) is 24.6 Å². The number of nitrogens with one attached hydrogen (secondary N) is 1. The molecule has 0 aliphatic rings. The van der Waals surface area contributed by atoms with Gasteiger partial charge in [0, 0.05) is 23.2 Å². The molecule has 0 aliphatic carbocycles. The van der Waals surface area contributed by atoms with E-state index in [-0.39, 0.29) is 18.2 Å². The standard InChI is InChI=1S/C33H30F3N7O3S/c1-20(2)28-15-27(45-4)13-14-29(28)43-21(3)18-47-32(43)40-31(44)38-17-24(16-37)22-5-7-23(8-6-22)30-39-19-42(41-30)25-9-11-26(12-10-25)46-33(34,35)36/h5-15,18-20,24H,17H2,1-4H3,(H,38,44)/b40-32-. The Morgan fingerprint density at radius 2 is 1.79 bits per heavy atom. The van der Waals surface area contributed by atoms with Crippen molar-refractivity contribution in [3.8, 4) is 40.3 Å². The number of nitriles is 1. The van der Waals surface area contributed by atoms with E-state index in [4.69, 9.17) is 4.74 Å². The average molecular weight is 662 g/mol. The molecule has 1 N–H and O–H groups in total. The highest BCUT2D eigenvalue weighted by atomic mass is 32.1. The van der Waals surface area contributed by atoms with Gasteiger partial charge in [-0.1, -0.05) is 38.1 Å². The van der Waals surface area contributed by atoms with Gasteiger partial charge in [-0.25, -0.2) is 14.5 Å². The second kappa shape index (κ2) is 13.9. The molecule has 0 saturated heterocycles. The van der Waals surface area contributed by atoms with Crippen LogP contribution in [0.1, 0.15) is 42.5 Å². The summed E-state index contributed by atoms with van der Waals surface area (Å²) in [6.45, 7) is 6.17. The molecule has 2 aromatic heterocycles. The normalized spacial score (nSPS) is 12.5. The van der Waals surface area contributed by atoms with Crippen LogP contribution in [0.4, 0.5) is 18.0 Å². The summed E-state index contributed by atoms with van der Waals surface area (Å²) in [4.78, 5) is 22.0. The second-order valence-corrected chi connectivity index (χ2v) is 11.6. The number of halogens is 3. The number of aryl methyl sites for hydroxylation is 1. The average Bonchev–Trinajstić information content (AvgIpc) is 3.68. The van der Waals surface area contributed by atoms with Crippen LogP contribution in [-0.2, 0) is 0 Å². The van der Waals surface area contributed by atoms with Crippen molar-refractivity contribution in [2.75, 3.05) is 13.7 Å². The van der Waals surface area contributed by atoms with Crippen LogP contribution < -0.4 is 19.6 Å². The molecule has 0 saturated carbocycles. The Morgan fingerprint density at radius 3 is 2.43 bits per heavy atom. The second-order valence-electron chi connectivity index (χ2n) is 10.7. The molecule has 0 aliphatic heterocycles. The van der Waals surface area contributed by atoms with Crippen molar-refractivity contribution in [2.24, 2.45) is 4.99 Å². The minimum atomic E-state index is -4.78. The fraction of sp³-hybridized carbons (Fsp3) is 0.242. The van der Waals surface area contributed by atoms with Crippen molar-refractivity contribution in [3.05, 3.63) is 100 Å². The molecule has 10 nitrogen and oxygen atoms in total. The van der Waals surface area contributed by atoms with Crippen molar-refractivity contribution in [2.45, 2.75) is 39.0 Å². The molecular formula is C33H30F3N7O3S. The maximum absolute atomic E-state index is 12.9. The monoisotopic (exact) mass is 661 g/mol. The maximum Gasteiger partial charge on any atom is 0.573 e. The lowest BCUT2D eigenvalue weighted by Gasteiger charge is -2.16. The highest BCUT2D eigenvalue weighted by molar-refractivity contribution is 7.07. The topological polar surface area (TPSA) is 119 Å². The number of hydrogen-bond donors (Lipinski definition) is 1. The lowest BCUT2D eigenvalue weighted by molar-refractivity contribution is -0.274. The van der Waals surface area contributed by atoms with E-state index in [2.05, 4.69) is 45.0 Å². The van der Waals surface area contributed by atoms with Crippen LogP contribution in [0.3, 0.4) is 0 Å². The van der Waals surface area contributed by atoms with Gasteiger partial charge >= 0.3 is 12.4 Å². The van der Waals surface area contributed by atoms with Gasteiger partial charge in [-0.05, 0) is 66.4 Å². The largest absolute Gasteiger partial charge is 0.573 e. The molecule has 0 radical (unpaired) electrons. The molecule has 242 valence electrons. The molecule has 0 bridgehead atoms. The molecule has 1 unspecified atom stereocenters. The first kappa shape index (κ1) is 33.0. The summed E-state index contributed by atoms with van der Waals surface area (Å²) in [5, 5.41) is 18.9. The van der Waals surface area contributed by atoms with Gasteiger partial charge in [0.2, 0.25) is 0 Å². The van der Waals surface area contributed by atoms with Gasteiger partial charge in [-0.2, -0.15) is 10.3 Å². The number of urea groups is 1. The number of thiazole rings is 1. The quantitative estimate of drug-likeness (QED) is 0.181. The predicted molar refractivity (Wildman–Crippen MR) is 170 cm³/mol. The number of ether oxygens (including phenoxy) is 2. The Balaban J connectivity index is 1.26. The lowest BCUT2D eigenvalue weighted by Crippen LogP contribution is -2.28. The van der Waals surface area contributed by atoms with Gasteiger partial charge in [-0.15, -0.1) is 29.6 Å². The first-order valence-electron chi connectivity index (χ1n) is 14.4. The van der Waals surface area contributed by atoms with E-state index in [0.29, 0.717) is 27.4 Å². The third-order valence-electron chi connectivity index (χ3n) is 7.18. The minimum Gasteiger partial charge on any atom is -0.497 e. The van der Waals surface area contributed by atoms with Gasteiger partial charge in [0.15, 0.2) is 10.6 Å². The van der Waals surface area contributed by atoms with Crippen molar-refractivity contribution in [1.29, 1.82) is 5.26 Å². The number of amides is 2. The number of benzene rings is 3. The summed E-state index contributed by atoms with van der Waals surface area (Å²) in [6, 6.07) is 19.7. The summed E-state index contributed by atoms with van der Waals surface area (Å²) in [5.74, 6) is 0.344. The molecule has 0 fully saturated rings. The van der Waals surface area contributed by atoms with E-state index in [1.807, 2.05) is 35.1 Å². The molecule has 14 heteroatoms. The van der Waals surface area contributed by atoms with Crippen LogP contribution in [-0.4, -0.2) is 45.4 Å². The van der Waals surface area contributed by atoms with Crippen LogP contribution in [0, 0.1) is 18.3 Å². The number of hydrogen-bond acceptors (Lipinski definition) is 7. The highest BCUT2D eigenvalue weighted by Gasteiger charge is 2.31. The molecule has 2 heterocycles. The smallest absolute Gasteiger partial charge is 0.497 e. The van der Waals surface area contributed by atoms with Gasteiger partial charge < -0.3 is 14.8 Å². The Kier molecular flexibility index (Phi) is 9.76. The van der Waals surface area contributed by atoms with Crippen molar-refractivity contribution < 1.29 is 27.4 Å². The molecule has 47 heavy (non-hydrogen) atoms. The van der Waals surface area contributed by atoms with Gasteiger partial charge in [0.1, 0.15) is 17.8 Å². The number of nitrogens with zero attached hydrogens (tertiary/aromatic N) is 6. The molecule has 5 rings (SSSR count). The van der Waals surface area contributed by atoms with E-state index in [1.54, 1.807) is 31.4 Å². The predicted octanol–water partition coefficient (Wildman–Crippen LogP) is 7.04. The summed E-state index contributed by atoms with van der Waals surface area (Å²) in [6.07, 6.45) is -3.33. The molecular weight excluding hydrogens is 631 g/mol.